The smallest absolute Gasteiger partial charge is 0.255 e. The predicted molar refractivity (Wildman–Crippen MR) is 140 cm³/mol. The van der Waals surface area contributed by atoms with Gasteiger partial charge in [-0.05, 0) is 79.8 Å². The number of pyridine rings is 1. The number of halogens is 4. The molecule has 206 valence electrons. The molecule has 2 aliphatic carbocycles. The van der Waals surface area contributed by atoms with Crippen LogP contribution in [0, 0.1) is 42.1 Å². The molecule has 0 radical (unpaired) electrons. The van der Waals surface area contributed by atoms with Crippen LogP contribution in [0.1, 0.15) is 47.8 Å². The standard InChI is InChI=1S/C28H26ClF3N2O4S/c1-14-7-18-10-20(13-21(14)28(18,36)17-5-6-33-15(2)8-17)39(37,38)25-9-16(3-4-22(25)29)27(35)34-19-11-23(30)26(32)24(31)12-19/h3-6,8-9,11-12,14,18,20-21,36H,7,10,13H2,1-2H3,(H,34,35)/t14-,18?,20+,21?,28+/m0/s1. The number of aromatic nitrogens is 1. The highest BCUT2D eigenvalue weighted by molar-refractivity contribution is 7.92. The highest BCUT2D eigenvalue weighted by Gasteiger charge is 2.59. The van der Waals surface area contributed by atoms with Crippen LogP contribution in [0.15, 0.2) is 53.6 Å². The van der Waals surface area contributed by atoms with Crippen molar-refractivity contribution in [3.05, 3.63) is 88.0 Å². The molecular weight excluding hydrogens is 553 g/mol. The summed E-state index contributed by atoms with van der Waals surface area (Å²) in [5, 5.41) is 13.2. The summed E-state index contributed by atoms with van der Waals surface area (Å²) in [5.74, 6) is -6.02. The van der Waals surface area contributed by atoms with Crippen LogP contribution in [0.4, 0.5) is 18.9 Å². The molecule has 1 aromatic heterocycles. The van der Waals surface area contributed by atoms with Gasteiger partial charge >= 0.3 is 0 Å². The maximum absolute atomic E-state index is 13.8. The predicted octanol–water partition coefficient (Wildman–Crippen LogP) is 5.81. The molecule has 0 spiro atoms. The Morgan fingerprint density at radius 2 is 1.77 bits per heavy atom. The van der Waals surface area contributed by atoms with Crippen molar-refractivity contribution in [3.8, 4) is 0 Å². The third kappa shape index (κ3) is 4.72. The number of sulfone groups is 1. The maximum Gasteiger partial charge on any atom is 0.255 e. The molecule has 1 heterocycles. The van der Waals surface area contributed by atoms with Gasteiger partial charge in [-0.1, -0.05) is 18.5 Å². The highest BCUT2D eigenvalue weighted by Crippen LogP contribution is 2.59. The average molecular weight is 579 g/mol. The Morgan fingerprint density at radius 3 is 2.41 bits per heavy atom. The molecule has 2 saturated carbocycles. The lowest BCUT2D eigenvalue weighted by Gasteiger charge is -2.43. The van der Waals surface area contributed by atoms with E-state index in [1.165, 1.54) is 12.1 Å². The van der Waals surface area contributed by atoms with Gasteiger partial charge in [0.15, 0.2) is 27.3 Å². The Bertz CT molecular complexity index is 1560. The molecule has 11 heteroatoms. The number of fused-ring (bicyclic) bond motifs is 2. The van der Waals surface area contributed by atoms with E-state index in [0.29, 0.717) is 18.6 Å². The lowest BCUT2D eigenvalue weighted by molar-refractivity contribution is -0.0699. The molecule has 1 amide bonds. The molecule has 2 aromatic carbocycles. The van der Waals surface area contributed by atoms with Gasteiger partial charge in [-0.3, -0.25) is 9.78 Å². The van der Waals surface area contributed by atoms with Crippen LogP contribution in [-0.4, -0.2) is 29.7 Å². The quantitative estimate of drug-likeness (QED) is 0.373. The lowest BCUT2D eigenvalue weighted by Crippen LogP contribution is -2.46. The van der Waals surface area contributed by atoms with Gasteiger partial charge in [-0.25, -0.2) is 21.6 Å². The first-order valence-electron chi connectivity index (χ1n) is 12.5. The molecule has 39 heavy (non-hydrogen) atoms. The molecule has 3 aromatic rings. The summed E-state index contributed by atoms with van der Waals surface area (Å²) in [6.45, 7) is 3.85. The summed E-state index contributed by atoms with van der Waals surface area (Å²) in [7, 11) is -4.04. The number of carbonyl (C=O) groups excluding carboxylic acids is 1. The van der Waals surface area contributed by atoms with E-state index >= 15 is 0 Å². The normalized spacial score (nSPS) is 26.4. The van der Waals surface area contributed by atoms with Gasteiger partial charge in [-0.15, -0.1) is 0 Å². The molecular formula is C28H26ClF3N2O4S. The first kappa shape index (κ1) is 27.6. The summed E-state index contributed by atoms with van der Waals surface area (Å²) >= 11 is 6.30. The van der Waals surface area contributed by atoms with Crippen molar-refractivity contribution >= 4 is 33.0 Å². The fraction of sp³-hybridized carbons (Fsp3) is 0.357. The zero-order valence-corrected chi connectivity index (χ0v) is 22.7. The summed E-state index contributed by atoms with van der Waals surface area (Å²) in [4.78, 5) is 16.8. The van der Waals surface area contributed by atoms with E-state index in [0.717, 1.165) is 17.3 Å². The second kappa shape index (κ2) is 9.91. The molecule has 5 atom stereocenters. The Kier molecular flexibility index (Phi) is 7.01. The van der Waals surface area contributed by atoms with Crippen LogP contribution in [0.25, 0.3) is 0 Å². The third-order valence-electron chi connectivity index (χ3n) is 8.13. The van der Waals surface area contributed by atoms with E-state index in [2.05, 4.69) is 10.3 Å². The average Bonchev–Trinajstić information content (AvgIpc) is 3.00. The van der Waals surface area contributed by atoms with Gasteiger partial charge in [-0.2, -0.15) is 0 Å². The minimum absolute atomic E-state index is 0.0728. The monoisotopic (exact) mass is 578 g/mol. The Morgan fingerprint density at radius 1 is 1.08 bits per heavy atom. The van der Waals surface area contributed by atoms with Crippen LogP contribution in [0.3, 0.4) is 0 Å². The van der Waals surface area contributed by atoms with Crippen molar-refractivity contribution in [3.63, 3.8) is 0 Å². The number of hydrogen-bond acceptors (Lipinski definition) is 5. The van der Waals surface area contributed by atoms with E-state index in [1.54, 1.807) is 12.3 Å². The van der Waals surface area contributed by atoms with Gasteiger partial charge in [0, 0.05) is 35.3 Å². The molecule has 2 fully saturated rings. The van der Waals surface area contributed by atoms with Gasteiger partial charge in [0.1, 0.15) is 0 Å². The number of benzene rings is 2. The van der Waals surface area contributed by atoms with Gasteiger partial charge in [0.25, 0.3) is 5.91 Å². The second-order valence-corrected chi connectivity index (χ2v) is 13.1. The number of hydrogen-bond donors (Lipinski definition) is 2. The van der Waals surface area contributed by atoms with Crippen molar-refractivity contribution in [2.24, 2.45) is 17.8 Å². The maximum atomic E-state index is 13.8. The van der Waals surface area contributed by atoms with E-state index < -0.39 is 44.0 Å². The summed E-state index contributed by atoms with van der Waals surface area (Å²) < 4.78 is 68.1. The van der Waals surface area contributed by atoms with E-state index in [-0.39, 0.29) is 51.8 Å². The molecule has 2 aliphatic rings. The van der Waals surface area contributed by atoms with E-state index in [9.17, 15) is 31.5 Å². The van der Waals surface area contributed by atoms with Gasteiger partial charge < -0.3 is 10.4 Å². The lowest BCUT2D eigenvalue weighted by atomic mass is 9.69. The van der Waals surface area contributed by atoms with Crippen LogP contribution in [0.2, 0.25) is 5.02 Å². The number of nitrogens with one attached hydrogen (secondary N) is 1. The Hall–Kier alpha value is -2.95. The minimum atomic E-state index is -4.04. The summed E-state index contributed by atoms with van der Waals surface area (Å²) in [5.41, 5.74) is -0.130. The zero-order chi connectivity index (χ0) is 28.3. The fourth-order valence-corrected chi connectivity index (χ4v) is 8.66. The number of amides is 1. The summed E-state index contributed by atoms with van der Waals surface area (Å²) in [6, 6.07) is 8.53. The zero-order valence-electron chi connectivity index (χ0n) is 21.1. The number of aryl methyl sites for hydroxylation is 1. The Balaban J connectivity index is 1.43. The fourth-order valence-electron chi connectivity index (χ4n) is 6.28. The number of rotatable bonds is 5. The number of anilines is 1. The number of carbonyl (C=O) groups is 1. The first-order valence-corrected chi connectivity index (χ1v) is 14.4. The minimum Gasteiger partial charge on any atom is -0.385 e. The molecule has 2 N–H and O–H groups in total. The molecule has 2 bridgehead atoms. The SMILES string of the molecule is Cc1cc([C@@]2(O)C3C[C@@H](S(=O)(=O)c4cc(C(=O)Nc5cc(F)c(F)c(F)c5)ccc4Cl)CC2[C@@H](C)C3)ccn1. The van der Waals surface area contributed by atoms with Crippen molar-refractivity contribution in [1.82, 2.24) is 4.98 Å². The van der Waals surface area contributed by atoms with Crippen LogP contribution >= 0.6 is 11.6 Å². The molecule has 6 nitrogen and oxygen atoms in total. The first-order chi connectivity index (χ1) is 18.3. The van der Waals surface area contributed by atoms with E-state index in [4.69, 9.17) is 11.6 Å². The Labute approximate surface area is 229 Å². The summed E-state index contributed by atoms with van der Waals surface area (Å²) in [6.07, 6.45) is 2.72. The topological polar surface area (TPSA) is 96.4 Å². The van der Waals surface area contributed by atoms with Crippen LogP contribution < -0.4 is 5.32 Å². The molecule has 2 unspecified atom stereocenters. The highest BCUT2D eigenvalue weighted by atomic mass is 35.5. The second-order valence-electron chi connectivity index (χ2n) is 10.5. The van der Waals surface area contributed by atoms with Crippen molar-refractivity contribution in [2.45, 2.75) is 48.9 Å². The van der Waals surface area contributed by atoms with Crippen molar-refractivity contribution in [1.29, 1.82) is 0 Å². The van der Waals surface area contributed by atoms with Crippen LogP contribution in [-0.2, 0) is 15.4 Å². The van der Waals surface area contributed by atoms with Crippen molar-refractivity contribution in [2.75, 3.05) is 5.32 Å². The van der Waals surface area contributed by atoms with Crippen LogP contribution in [0.5, 0.6) is 0 Å². The van der Waals surface area contributed by atoms with Crippen molar-refractivity contribution < 1.29 is 31.5 Å². The van der Waals surface area contributed by atoms with Gasteiger partial charge in [0.2, 0.25) is 0 Å². The van der Waals surface area contributed by atoms with Gasteiger partial charge in [0.05, 0.1) is 20.8 Å². The largest absolute Gasteiger partial charge is 0.385 e. The molecule has 5 rings (SSSR count). The van der Waals surface area contributed by atoms with E-state index in [1.807, 2.05) is 19.9 Å². The third-order valence-corrected chi connectivity index (χ3v) is 10.8. The molecule has 0 saturated heterocycles. The number of nitrogens with zero attached hydrogens (tertiary/aromatic N) is 1. The number of aliphatic hydroxyl groups is 1. The molecule has 0 aliphatic heterocycles.